The van der Waals surface area contributed by atoms with Crippen molar-refractivity contribution < 1.29 is 4.74 Å². The summed E-state index contributed by atoms with van der Waals surface area (Å²) in [5.74, 6) is 0.768. The van der Waals surface area contributed by atoms with Crippen LogP contribution in [-0.4, -0.2) is 14.2 Å². The predicted molar refractivity (Wildman–Crippen MR) is 88.1 cm³/mol. The highest BCUT2D eigenvalue weighted by Gasteiger charge is 2.20. The summed E-state index contributed by atoms with van der Waals surface area (Å²) < 4.78 is 6.28. The van der Waals surface area contributed by atoms with E-state index >= 15 is 0 Å². The van der Waals surface area contributed by atoms with Gasteiger partial charge in [-0.2, -0.15) is 0 Å². The lowest BCUT2D eigenvalue weighted by molar-refractivity contribution is 0.405. The topological polar surface area (TPSA) is 21.3 Å². The standard InChI is InChI=1S/C15H14BrCl2NO/c1-19-15(10-4-3-5-12(16)14(10)18)11-8-9(17)6-7-13(11)20-2/h3-8,15,19H,1-2H3. The molecule has 1 unspecified atom stereocenters. The Morgan fingerprint density at radius 3 is 2.55 bits per heavy atom. The Morgan fingerprint density at radius 1 is 1.15 bits per heavy atom. The minimum atomic E-state index is -0.103. The van der Waals surface area contributed by atoms with E-state index in [0.717, 1.165) is 21.3 Å². The van der Waals surface area contributed by atoms with Gasteiger partial charge in [0.2, 0.25) is 0 Å². The van der Waals surface area contributed by atoms with Crippen molar-refractivity contribution in [3.8, 4) is 5.75 Å². The molecule has 0 spiro atoms. The van der Waals surface area contributed by atoms with Gasteiger partial charge >= 0.3 is 0 Å². The zero-order chi connectivity index (χ0) is 14.7. The van der Waals surface area contributed by atoms with Gasteiger partial charge in [-0.05, 0) is 52.8 Å². The SMILES string of the molecule is CNC(c1cc(Cl)ccc1OC)c1cccc(Br)c1Cl. The Balaban J connectivity index is 2.58. The molecular weight excluding hydrogens is 361 g/mol. The Labute approximate surface area is 137 Å². The van der Waals surface area contributed by atoms with Crippen molar-refractivity contribution in [2.45, 2.75) is 6.04 Å². The Kier molecular flexibility index (Phi) is 5.33. The molecule has 20 heavy (non-hydrogen) atoms. The van der Waals surface area contributed by atoms with Crippen LogP contribution in [0.15, 0.2) is 40.9 Å². The van der Waals surface area contributed by atoms with E-state index in [1.807, 2.05) is 37.4 Å². The summed E-state index contributed by atoms with van der Waals surface area (Å²) in [7, 11) is 3.52. The van der Waals surface area contributed by atoms with Crippen molar-refractivity contribution in [1.82, 2.24) is 5.32 Å². The average Bonchev–Trinajstić information content (AvgIpc) is 2.44. The monoisotopic (exact) mass is 373 g/mol. The van der Waals surface area contributed by atoms with Crippen molar-refractivity contribution in [2.75, 3.05) is 14.2 Å². The number of benzene rings is 2. The molecule has 2 aromatic carbocycles. The maximum atomic E-state index is 6.39. The molecule has 0 saturated carbocycles. The highest BCUT2D eigenvalue weighted by atomic mass is 79.9. The Bertz CT molecular complexity index is 619. The average molecular weight is 375 g/mol. The maximum absolute atomic E-state index is 6.39. The maximum Gasteiger partial charge on any atom is 0.124 e. The summed E-state index contributed by atoms with van der Waals surface area (Å²) in [5, 5.41) is 4.60. The van der Waals surface area contributed by atoms with Crippen LogP contribution in [0.3, 0.4) is 0 Å². The number of rotatable bonds is 4. The summed E-state index contributed by atoms with van der Waals surface area (Å²) in [6.45, 7) is 0. The molecule has 5 heteroatoms. The molecule has 0 heterocycles. The molecule has 2 aromatic rings. The van der Waals surface area contributed by atoms with Gasteiger partial charge in [0.1, 0.15) is 5.75 Å². The zero-order valence-corrected chi connectivity index (χ0v) is 14.2. The second kappa shape index (κ2) is 6.81. The lowest BCUT2D eigenvalue weighted by atomic mass is 9.98. The van der Waals surface area contributed by atoms with Crippen molar-refractivity contribution in [2.24, 2.45) is 0 Å². The van der Waals surface area contributed by atoms with E-state index < -0.39 is 0 Å². The van der Waals surface area contributed by atoms with Crippen LogP contribution in [0.5, 0.6) is 5.75 Å². The van der Waals surface area contributed by atoms with Crippen LogP contribution in [-0.2, 0) is 0 Å². The fourth-order valence-corrected chi connectivity index (χ4v) is 2.95. The van der Waals surface area contributed by atoms with Crippen LogP contribution in [0, 0.1) is 0 Å². The third-order valence-corrected chi connectivity index (χ3v) is 4.63. The van der Waals surface area contributed by atoms with Crippen LogP contribution in [0.2, 0.25) is 10.0 Å². The van der Waals surface area contributed by atoms with E-state index in [-0.39, 0.29) is 6.04 Å². The minimum Gasteiger partial charge on any atom is -0.496 e. The van der Waals surface area contributed by atoms with Gasteiger partial charge < -0.3 is 10.1 Å². The van der Waals surface area contributed by atoms with E-state index in [4.69, 9.17) is 27.9 Å². The van der Waals surface area contributed by atoms with Crippen LogP contribution in [0.4, 0.5) is 0 Å². The fraction of sp³-hybridized carbons (Fsp3) is 0.200. The normalized spacial score (nSPS) is 12.2. The quantitative estimate of drug-likeness (QED) is 0.806. The molecule has 0 radical (unpaired) electrons. The van der Waals surface area contributed by atoms with Gasteiger partial charge in [0, 0.05) is 15.1 Å². The van der Waals surface area contributed by atoms with Crippen LogP contribution < -0.4 is 10.1 Å². The third kappa shape index (κ3) is 3.12. The number of ether oxygens (including phenoxy) is 1. The molecule has 2 rings (SSSR count). The lowest BCUT2D eigenvalue weighted by Gasteiger charge is -2.21. The van der Waals surface area contributed by atoms with E-state index in [2.05, 4.69) is 21.2 Å². The molecule has 106 valence electrons. The zero-order valence-electron chi connectivity index (χ0n) is 11.1. The molecule has 0 bridgehead atoms. The molecule has 1 N–H and O–H groups in total. The van der Waals surface area contributed by atoms with E-state index in [1.165, 1.54) is 0 Å². The minimum absolute atomic E-state index is 0.103. The van der Waals surface area contributed by atoms with Gasteiger partial charge in [0.25, 0.3) is 0 Å². The number of hydrogen-bond acceptors (Lipinski definition) is 2. The van der Waals surface area contributed by atoms with Crippen molar-refractivity contribution >= 4 is 39.1 Å². The second-order valence-corrected chi connectivity index (χ2v) is 5.92. The van der Waals surface area contributed by atoms with Gasteiger partial charge in [0.15, 0.2) is 0 Å². The van der Waals surface area contributed by atoms with Crippen LogP contribution >= 0.6 is 39.1 Å². The molecule has 0 saturated heterocycles. The molecule has 0 aliphatic carbocycles. The number of halogens is 3. The molecule has 0 aromatic heterocycles. The largest absolute Gasteiger partial charge is 0.496 e. The van der Waals surface area contributed by atoms with Gasteiger partial charge in [-0.3, -0.25) is 0 Å². The van der Waals surface area contributed by atoms with Gasteiger partial charge in [0.05, 0.1) is 18.2 Å². The molecule has 0 fully saturated rings. The Hall–Kier alpha value is -0.740. The van der Waals surface area contributed by atoms with Gasteiger partial charge in [-0.1, -0.05) is 35.3 Å². The Morgan fingerprint density at radius 2 is 1.90 bits per heavy atom. The van der Waals surface area contributed by atoms with E-state index in [0.29, 0.717) is 10.0 Å². The first-order valence-corrected chi connectivity index (χ1v) is 7.58. The second-order valence-electron chi connectivity index (χ2n) is 4.25. The first-order chi connectivity index (χ1) is 9.58. The summed E-state index contributed by atoms with van der Waals surface area (Å²) in [6.07, 6.45) is 0. The molecule has 0 amide bonds. The van der Waals surface area contributed by atoms with Crippen LogP contribution in [0.1, 0.15) is 17.2 Å². The molecule has 0 aliphatic heterocycles. The fourth-order valence-electron chi connectivity index (χ4n) is 2.15. The molecule has 0 aliphatic rings. The number of hydrogen-bond donors (Lipinski definition) is 1. The third-order valence-electron chi connectivity index (χ3n) is 3.08. The highest BCUT2D eigenvalue weighted by molar-refractivity contribution is 9.10. The van der Waals surface area contributed by atoms with Crippen molar-refractivity contribution in [1.29, 1.82) is 0 Å². The lowest BCUT2D eigenvalue weighted by Crippen LogP contribution is -2.19. The smallest absolute Gasteiger partial charge is 0.124 e. The van der Waals surface area contributed by atoms with Gasteiger partial charge in [-0.15, -0.1) is 0 Å². The van der Waals surface area contributed by atoms with Crippen molar-refractivity contribution in [3.63, 3.8) is 0 Å². The first kappa shape index (κ1) is 15.6. The van der Waals surface area contributed by atoms with E-state index in [1.54, 1.807) is 13.2 Å². The predicted octanol–water partition coefficient (Wildman–Crippen LogP) is 5.07. The summed E-state index contributed by atoms with van der Waals surface area (Å²) >= 11 is 15.9. The highest BCUT2D eigenvalue weighted by Crippen LogP contribution is 2.37. The molecular formula is C15H14BrCl2NO. The molecule has 1 atom stereocenters. The first-order valence-electron chi connectivity index (χ1n) is 6.03. The van der Waals surface area contributed by atoms with Crippen LogP contribution in [0.25, 0.3) is 0 Å². The van der Waals surface area contributed by atoms with E-state index in [9.17, 15) is 0 Å². The number of nitrogens with one attached hydrogen (secondary N) is 1. The van der Waals surface area contributed by atoms with Crippen molar-refractivity contribution in [3.05, 3.63) is 62.0 Å². The number of methoxy groups -OCH3 is 1. The summed E-state index contributed by atoms with van der Waals surface area (Å²) in [4.78, 5) is 0. The molecule has 2 nitrogen and oxygen atoms in total. The summed E-state index contributed by atoms with van der Waals surface area (Å²) in [5.41, 5.74) is 1.91. The van der Waals surface area contributed by atoms with Gasteiger partial charge in [-0.25, -0.2) is 0 Å². The summed E-state index contributed by atoms with van der Waals surface area (Å²) in [6, 6.07) is 11.3.